The van der Waals surface area contributed by atoms with E-state index < -0.39 is 6.10 Å². The SMILES string of the molecule is C#CCOC[C@H](O)CN(CC)Cc1nc2sc3c(c2c(=O)[nH]1)CCCC3. The Hall–Kier alpha value is -1.72. The van der Waals surface area contributed by atoms with Crippen molar-refractivity contribution >= 4 is 21.6 Å². The average Bonchev–Trinajstić information content (AvgIpc) is 3.00. The smallest absolute Gasteiger partial charge is 0.259 e. The Balaban J connectivity index is 1.73. The van der Waals surface area contributed by atoms with Crippen LogP contribution in [-0.4, -0.2) is 52.4 Å². The first-order valence-corrected chi connectivity index (χ1v) is 9.89. The van der Waals surface area contributed by atoms with Gasteiger partial charge >= 0.3 is 0 Å². The summed E-state index contributed by atoms with van der Waals surface area (Å²) in [5.41, 5.74) is 1.16. The molecule has 2 aromatic heterocycles. The van der Waals surface area contributed by atoms with Crippen LogP contribution in [0.15, 0.2) is 4.79 Å². The summed E-state index contributed by atoms with van der Waals surface area (Å²) in [6.45, 7) is 4.05. The molecule has 0 amide bonds. The number of aromatic amines is 1. The highest BCUT2D eigenvalue weighted by atomic mass is 32.1. The van der Waals surface area contributed by atoms with E-state index in [-0.39, 0.29) is 18.8 Å². The third-order valence-corrected chi connectivity index (χ3v) is 5.84. The molecule has 1 aliphatic carbocycles. The zero-order valence-electron chi connectivity index (χ0n) is 15.1. The second kappa shape index (κ2) is 8.78. The zero-order chi connectivity index (χ0) is 18.5. The van der Waals surface area contributed by atoms with E-state index >= 15 is 0 Å². The summed E-state index contributed by atoms with van der Waals surface area (Å²) in [6.07, 6.45) is 8.86. The Labute approximate surface area is 157 Å². The predicted octanol–water partition coefficient (Wildman–Crippen LogP) is 1.70. The zero-order valence-corrected chi connectivity index (χ0v) is 15.9. The molecule has 0 radical (unpaired) electrons. The summed E-state index contributed by atoms with van der Waals surface area (Å²) in [6, 6.07) is 0. The number of fused-ring (bicyclic) bond motifs is 3. The van der Waals surface area contributed by atoms with Gasteiger partial charge in [0, 0.05) is 11.4 Å². The largest absolute Gasteiger partial charge is 0.389 e. The maximum absolute atomic E-state index is 12.6. The number of aliphatic hydroxyl groups is 1. The second-order valence-electron chi connectivity index (χ2n) is 6.60. The molecule has 0 fully saturated rings. The number of H-pyrrole nitrogens is 1. The number of likely N-dealkylation sites (N-methyl/N-ethyl adjacent to an activating group) is 1. The maximum atomic E-state index is 12.6. The fourth-order valence-electron chi connectivity index (χ4n) is 3.41. The van der Waals surface area contributed by atoms with E-state index in [0.29, 0.717) is 18.9 Å². The van der Waals surface area contributed by atoms with E-state index in [2.05, 4.69) is 10.9 Å². The molecule has 0 saturated carbocycles. The summed E-state index contributed by atoms with van der Waals surface area (Å²) in [5.74, 6) is 3.02. The predicted molar refractivity (Wildman–Crippen MR) is 103 cm³/mol. The minimum atomic E-state index is -0.632. The number of hydrogen-bond acceptors (Lipinski definition) is 6. The van der Waals surface area contributed by atoms with E-state index in [1.165, 1.54) is 16.9 Å². The Morgan fingerprint density at radius 2 is 2.27 bits per heavy atom. The monoisotopic (exact) mass is 375 g/mol. The minimum Gasteiger partial charge on any atom is -0.389 e. The third-order valence-electron chi connectivity index (χ3n) is 4.66. The van der Waals surface area contributed by atoms with E-state index in [0.717, 1.165) is 36.0 Å². The summed E-state index contributed by atoms with van der Waals surface area (Å²) >= 11 is 1.65. The van der Waals surface area contributed by atoms with E-state index in [1.807, 2.05) is 11.8 Å². The van der Waals surface area contributed by atoms with Crippen LogP contribution in [0, 0.1) is 12.3 Å². The molecule has 3 rings (SSSR count). The molecular formula is C19H25N3O3S. The molecule has 0 aromatic carbocycles. The lowest BCUT2D eigenvalue weighted by atomic mass is 9.97. The Bertz CT molecular complexity index is 852. The number of nitrogens with zero attached hydrogens (tertiary/aromatic N) is 2. The number of nitrogens with one attached hydrogen (secondary N) is 1. The van der Waals surface area contributed by atoms with Gasteiger partial charge in [-0.15, -0.1) is 17.8 Å². The molecule has 0 unspecified atom stereocenters. The van der Waals surface area contributed by atoms with Crippen LogP contribution in [0.2, 0.25) is 0 Å². The quantitative estimate of drug-likeness (QED) is 0.542. The topological polar surface area (TPSA) is 78.5 Å². The van der Waals surface area contributed by atoms with Crippen molar-refractivity contribution in [2.75, 3.05) is 26.3 Å². The van der Waals surface area contributed by atoms with Gasteiger partial charge in [-0.25, -0.2) is 4.98 Å². The molecule has 1 atom stereocenters. The van der Waals surface area contributed by atoms with Gasteiger partial charge in [-0.2, -0.15) is 0 Å². The fourth-order valence-corrected chi connectivity index (χ4v) is 4.69. The maximum Gasteiger partial charge on any atom is 0.259 e. The number of hydrogen-bond donors (Lipinski definition) is 2. The molecule has 7 heteroatoms. The van der Waals surface area contributed by atoms with Gasteiger partial charge < -0.3 is 14.8 Å². The lowest BCUT2D eigenvalue weighted by Crippen LogP contribution is -2.35. The average molecular weight is 375 g/mol. The molecule has 2 aromatic rings. The van der Waals surface area contributed by atoms with Gasteiger partial charge in [0.25, 0.3) is 5.56 Å². The number of ether oxygens (including phenoxy) is 1. The number of thiophene rings is 1. The van der Waals surface area contributed by atoms with Crippen LogP contribution in [0.3, 0.4) is 0 Å². The normalized spacial score (nSPS) is 15.2. The molecule has 2 N–H and O–H groups in total. The van der Waals surface area contributed by atoms with E-state index in [9.17, 15) is 9.90 Å². The van der Waals surface area contributed by atoms with E-state index in [1.54, 1.807) is 11.3 Å². The van der Waals surface area contributed by atoms with Gasteiger partial charge in [-0.3, -0.25) is 9.69 Å². The molecule has 26 heavy (non-hydrogen) atoms. The number of aryl methyl sites for hydroxylation is 2. The highest BCUT2D eigenvalue weighted by Gasteiger charge is 2.20. The first-order valence-electron chi connectivity index (χ1n) is 9.07. The summed E-state index contributed by atoms with van der Waals surface area (Å²) in [7, 11) is 0. The van der Waals surface area contributed by atoms with Crippen molar-refractivity contribution in [3.63, 3.8) is 0 Å². The van der Waals surface area contributed by atoms with Gasteiger partial charge in [-0.1, -0.05) is 12.8 Å². The number of aromatic nitrogens is 2. The first kappa shape index (κ1) is 19.1. The number of aliphatic hydroxyl groups excluding tert-OH is 1. The van der Waals surface area contributed by atoms with Crippen molar-refractivity contribution in [2.24, 2.45) is 0 Å². The fraction of sp³-hybridized carbons (Fsp3) is 0.579. The highest BCUT2D eigenvalue weighted by molar-refractivity contribution is 7.18. The molecule has 0 saturated heterocycles. The molecule has 6 nitrogen and oxygen atoms in total. The summed E-state index contributed by atoms with van der Waals surface area (Å²) in [4.78, 5) is 24.4. The molecule has 1 aliphatic rings. The van der Waals surface area contributed by atoms with Gasteiger partial charge in [-0.05, 0) is 37.8 Å². The molecule has 0 aliphatic heterocycles. The van der Waals surface area contributed by atoms with Crippen LogP contribution >= 0.6 is 11.3 Å². The molecule has 2 heterocycles. The van der Waals surface area contributed by atoms with Gasteiger partial charge in [0.2, 0.25) is 0 Å². The van der Waals surface area contributed by atoms with Crippen LogP contribution in [0.1, 0.15) is 36.0 Å². The van der Waals surface area contributed by atoms with Crippen molar-refractivity contribution in [3.8, 4) is 12.3 Å². The Morgan fingerprint density at radius 1 is 1.46 bits per heavy atom. The van der Waals surface area contributed by atoms with Crippen molar-refractivity contribution in [1.29, 1.82) is 0 Å². The van der Waals surface area contributed by atoms with Crippen molar-refractivity contribution in [1.82, 2.24) is 14.9 Å². The standard InChI is InChI=1S/C19H25N3O3S/c1-3-9-25-12-13(23)10-22(4-2)11-16-20-18(24)17-14-7-5-6-8-15(14)26-19(17)21-16/h1,13,23H,4-12H2,2H3,(H,20,21,24)/t13-/m1/s1. The third kappa shape index (κ3) is 4.33. The van der Waals surface area contributed by atoms with Crippen LogP contribution in [0.4, 0.5) is 0 Å². The van der Waals surface area contributed by atoms with Gasteiger partial charge in [0.05, 0.1) is 24.6 Å². The lowest BCUT2D eigenvalue weighted by Gasteiger charge is -2.22. The minimum absolute atomic E-state index is 0.0432. The van der Waals surface area contributed by atoms with Crippen LogP contribution in [-0.2, 0) is 24.1 Å². The number of terminal acetylenes is 1. The Kier molecular flexibility index (Phi) is 6.43. The highest BCUT2D eigenvalue weighted by Crippen LogP contribution is 2.33. The van der Waals surface area contributed by atoms with Crippen LogP contribution < -0.4 is 5.56 Å². The first-order chi connectivity index (χ1) is 12.6. The lowest BCUT2D eigenvalue weighted by molar-refractivity contribution is 0.0267. The Morgan fingerprint density at radius 3 is 3.04 bits per heavy atom. The van der Waals surface area contributed by atoms with Gasteiger partial charge in [0.15, 0.2) is 0 Å². The molecular weight excluding hydrogens is 350 g/mol. The van der Waals surface area contributed by atoms with E-state index in [4.69, 9.17) is 16.1 Å². The van der Waals surface area contributed by atoms with Crippen molar-refractivity contribution in [2.45, 2.75) is 45.3 Å². The second-order valence-corrected chi connectivity index (χ2v) is 7.69. The van der Waals surface area contributed by atoms with Crippen LogP contribution in [0.5, 0.6) is 0 Å². The molecule has 0 spiro atoms. The van der Waals surface area contributed by atoms with Crippen molar-refractivity contribution < 1.29 is 9.84 Å². The molecule has 140 valence electrons. The summed E-state index contributed by atoms with van der Waals surface area (Å²) < 4.78 is 5.18. The van der Waals surface area contributed by atoms with Crippen LogP contribution in [0.25, 0.3) is 10.2 Å². The van der Waals surface area contributed by atoms with Crippen molar-refractivity contribution in [3.05, 3.63) is 26.6 Å². The molecule has 0 bridgehead atoms. The van der Waals surface area contributed by atoms with Gasteiger partial charge in [0.1, 0.15) is 17.3 Å². The number of rotatable bonds is 8. The summed E-state index contributed by atoms with van der Waals surface area (Å²) in [5, 5.41) is 10.8.